The lowest BCUT2D eigenvalue weighted by Crippen LogP contribution is -2.31. The Hall–Kier alpha value is -1.62. The summed E-state index contributed by atoms with van der Waals surface area (Å²) >= 11 is 1.80. The summed E-state index contributed by atoms with van der Waals surface area (Å²) in [5, 5.41) is 14.7. The fourth-order valence-corrected chi connectivity index (χ4v) is 4.30. The number of rotatable bonds is 1. The minimum absolute atomic E-state index is 0.404. The molecule has 0 saturated carbocycles. The summed E-state index contributed by atoms with van der Waals surface area (Å²) in [6.07, 6.45) is 1.97. The first-order valence-electron chi connectivity index (χ1n) is 7.07. The first-order valence-corrected chi connectivity index (χ1v) is 7.95. The van der Waals surface area contributed by atoms with Gasteiger partial charge in [0.25, 0.3) is 0 Å². The Labute approximate surface area is 122 Å². The fourth-order valence-electron chi connectivity index (χ4n) is 3.04. The number of benzene rings is 1. The molecule has 4 rings (SSSR count). The summed E-state index contributed by atoms with van der Waals surface area (Å²) in [4.78, 5) is 0. The van der Waals surface area contributed by atoms with Gasteiger partial charge in [-0.05, 0) is 17.9 Å². The van der Waals surface area contributed by atoms with Crippen LogP contribution in [0.15, 0.2) is 34.5 Å². The van der Waals surface area contributed by atoms with Gasteiger partial charge in [-0.3, -0.25) is 0 Å². The van der Waals surface area contributed by atoms with Crippen LogP contribution < -0.4 is 0 Å². The molecule has 4 nitrogen and oxygen atoms in total. The predicted molar refractivity (Wildman–Crippen MR) is 80.5 cm³/mol. The molecule has 0 N–H and O–H groups in total. The molecule has 0 saturated heterocycles. The van der Waals surface area contributed by atoms with Gasteiger partial charge in [0.2, 0.25) is 5.16 Å². The average Bonchev–Trinajstić information content (AvgIpc) is 2.88. The molecular formula is C15H16N4S. The van der Waals surface area contributed by atoms with Crippen molar-refractivity contribution in [2.24, 2.45) is 5.10 Å². The topological polar surface area (TPSA) is 43.1 Å². The smallest absolute Gasteiger partial charge is 0.191 e. The first kappa shape index (κ1) is 12.1. The van der Waals surface area contributed by atoms with Crippen molar-refractivity contribution >= 4 is 17.5 Å². The Morgan fingerprint density at radius 3 is 3.00 bits per heavy atom. The van der Waals surface area contributed by atoms with Crippen LogP contribution in [-0.2, 0) is 6.42 Å². The lowest BCUT2D eigenvalue weighted by Gasteiger charge is -2.32. The molecular weight excluding hydrogens is 268 g/mol. The van der Waals surface area contributed by atoms with E-state index < -0.39 is 0 Å². The van der Waals surface area contributed by atoms with Crippen LogP contribution in [0.3, 0.4) is 0 Å². The molecule has 1 aromatic carbocycles. The average molecular weight is 284 g/mol. The third-order valence-electron chi connectivity index (χ3n) is 4.09. The molecule has 0 radical (unpaired) electrons. The Morgan fingerprint density at radius 2 is 2.15 bits per heavy atom. The minimum Gasteiger partial charge on any atom is -0.191 e. The van der Waals surface area contributed by atoms with Crippen molar-refractivity contribution in [2.75, 3.05) is 0 Å². The summed E-state index contributed by atoms with van der Waals surface area (Å²) in [5.41, 5.74) is 3.90. The van der Waals surface area contributed by atoms with E-state index in [0.29, 0.717) is 11.2 Å². The number of fused-ring (bicyclic) bond motifs is 4. The van der Waals surface area contributed by atoms with Gasteiger partial charge in [0.15, 0.2) is 5.82 Å². The highest BCUT2D eigenvalue weighted by molar-refractivity contribution is 8.00. The van der Waals surface area contributed by atoms with Gasteiger partial charge in [0.05, 0.1) is 11.0 Å². The number of hydrogen-bond acceptors (Lipinski definition) is 4. The van der Waals surface area contributed by atoms with Gasteiger partial charge >= 0.3 is 0 Å². The summed E-state index contributed by atoms with van der Waals surface area (Å²) in [6.45, 7) is 4.39. The molecule has 5 heteroatoms. The van der Waals surface area contributed by atoms with Crippen molar-refractivity contribution in [1.82, 2.24) is 14.9 Å². The summed E-state index contributed by atoms with van der Waals surface area (Å²) < 4.78 is 1.92. The van der Waals surface area contributed by atoms with Crippen molar-refractivity contribution in [1.29, 1.82) is 0 Å². The van der Waals surface area contributed by atoms with E-state index in [9.17, 15) is 0 Å². The lowest BCUT2D eigenvalue weighted by atomic mass is 9.82. The SMILES string of the molecule is CCc1nnc2n1N=C1c3ccccc3C(C)CC1S2. The van der Waals surface area contributed by atoms with E-state index >= 15 is 0 Å². The molecule has 2 heterocycles. The monoisotopic (exact) mass is 284 g/mol. The molecule has 1 aromatic heterocycles. The third-order valence-corrected chi connectivity index (χ3v) is 5.25. The molecule has 102 valence electrons. The van der Waals surface area contributed by atoms with Crippen LogP contribution in [0, 0.1) is 0 Å². The zero-order valence-corrected chi connectivity index (χ0v) is 12.4. The zero-order chi connectivity index (χ0) is 13.7. The normalized spacial score (nSPS) is 23.6. The molecule has 0 fully saturated rings. The van der Waals surface area contributed by atoms with Crippen LogP contribution in [0.2, 0.25) is 0 Å². The molecule has 2 unspecified atom stereocenters. The molecule has 2 aliphatic rings. The molecule has 1 aliphatic carbocycles. The van der Waals surface area contributed by atoms with E-state index in [0.717, 1.165) is 23.8 Å². The van der Waals surface area contributed by atoms with Gasteiger partial charge in [-0.25, -0.2) is 0 Å². The molecule has 1 aliphatic heterocycles. The number of nitrogens with zero attached hydrogens (tertiary/aromatic N) is 4. The minimum atomic E-state index is 0.404. The Kier molecular flexibility index (Phi) is 2.70. The Morgan fingerprint density at radius 1 is 1.30 bits per heavy atom. The second kappa shape index (κ2) is 4.45. The number of aromatic nitrogens is 3. The van der Waals surface area contributed by atoms with Gasteiger partial charge in [0, 0.05) is 12.0 Å². The van der Waals surface area contributed by atoms with E-state index in [2.05, 4.69) is 48.3 Å². The third kappa shape index (κ3) is 1.66. The van der Waals surface area contributed by atoms with Crippen molar-refractivity contribution in [3.8, 4) is 0 Å². The number of hydrogen-bond donors (Lipinski definition) is 0. The van der Waals surface area contributed by atoms with Crippen molar-refractivity contribution in [2.45, 2.75) is 43.0 Å². The van der Waals surface area contributed by atoms with E-state index in [1.54, 1.807) is 11.8 Å². The van der Waals surface area contributed by atoms with Crippen LogP contribution in [-0.4, -0.2) is 25.8 Å². The van der Waals surface area contributed by atoms with E-state index in [-0.39, 0.29) is 0 Å². The number of thioether (sulfide) groups is 1. The van der Waals surface area contributed by atoms with E-state index in [1.165, 1.54) is 16.8 Å². The Bertz CT molecular complexity index is 704. The maximum absolute atomic E-state index is 4.86. The second-order valence-electron chi connectivity index (χ2n) is 5.38. The summed E-state index contributed by atoms with van der Waals surface area (Å²) in [7, 11) is 0. The lowest BCUT2D eigenvalue weighted by molar-refractivity contribution is 0.655. The largest absolute Gasteiger partial charge is 0.212 e. The standard InChI is InChI=1S/C15H16N4S/c1-3-13-16-17-15-19(13)18-14-11-7-5-4-6-10(11)9(2)8-12(14)20-15/h4-7,9,12H,3,8H2,1-2H3. The predicted octanol–water partition coefficient (Wildman–Crippen LogP) is 3.07. The molecule has 20 heavy (non-hydrogen) atoms. The van der Waals surface area contributed by atoms with Crippen LogP contribution in [0.25, 0.3) is 0 Å². The molecule has 0 bridgehead atoms. The summed E-state index contributed by atoms with van der Waals surface area (Å²) in [5.74, 6) is 1.51. The van der Waals surface area contributed by atoms with Crippen LogP contribution in [0.5, 0.6) is 0 Å². The van der Waals surface area contributed by atoms with Gasteiger partial charge in [-0.2, -0.15) is 9.78 Å². The maximum Gasteiger partial charge on any atom is 0.212 e. The van der Waals surface area contributed by atoms with Gasteiger partial charge in [-0.15, -0.1) is 10.2 Å². The molecule has 2 aromatic rings. The van der Waals surface area contributed by atoms with Crippen molar-refractivity contribution in [3.05, 3.63) is 41.2 Å². The van der Waals surface area contributed by atoms with Crippen molar-refractivity contribution in [3.63, 3.8) is 0 Å². The quantitative estimate of drug-likeness (QED) is 0.808. The molecule has 2 atom stereocenters. The number of aryl methyl sites for hydroxylation is 1. The van der Waals surface area contributed by atoms with Gasteiger partial charge < -0.3 is 0 Å². The molecule has 0 spiro atoms. The van der Waals surface area contributed by atoms with Gasteiger partial charge in [0.1, 0.15) is 0 Å². The van der Waals surface area contributed by atoms with Crippen LogP contribution >= 0.6 is 11.8 Å². The second-order valence-corrected chi connectivity index (χ2v) is 6.55. The highest BCUT2D eigenvalue weighted by atomic mass is 32.2. The first-order chi connectivity index (χ1) is 9.78. The highest BCUT2D eigenvalue weighted by Gasteiger charge is 2.35. The highest BCUT2D eigenvalue weighted by Crippen LogP contribution is 2.41. The van der Waals surface area contributed by atoms with Crippen molar-refractivity contribution < 1.29 is 0 Å². The zero-order valence-electron chi connectivity index (χ0n) is 11.6. The molecule has 0 amide bonds. The maximum atomic E-state index is 4.86. The fraction of sp³-hybridized carbons (Fsp3) is 0.400. The van der Waals surface area contributed by atoms with Crippen LogP contribution in [0.4, 0.5) is 0 Å². The van der Waals surface area contributed by atoms with E-state index in [4.69, 9.17) is 5.10 Å². The van der Waals surface area contributed by atoms with Crippen LogP contribution in [0.1, 0.15) is 43.1 Å². The van der Waals surface area contributed by atoms with E-state index in [1.807, 2.05) is 4.68 Å². The summed E-state index contributed by atoms with van der Waals surface area (Å²) in [6, 6.07) is 8.64. The Balaban J connectivity index is 1.91. The van der Waals surface area contributed by atoms with Gasteiger partial charge in [-0.1, -0.05) is 49.9 Å².